The molecule has 1 fully saturated rings. The number of hydrogen-bond donors (Lipinski definition) is 1. The van der Waals surface area contributed by atoms with Gasteiger partial charge < -0.3 is 10.1 Å². The molecule has 1 aliphatic heterocycles. The van der Waals surface area contributed by atoms with E-state index in [4.69, 9.17) is 4.74 Å². The maximum atomic E-state index is 12.5. The summed E-state index contributed by atoms with van der Waals surface area (Å²) < 4.78 is 5.23. The number of rotatable bonds is 7. The minimum absolute atomic E-state index is 0.0536. The standard InChI is InChI=1S/C20H32N2O2S/c1-20(2,3)16-5-7-17(8-6-16)21-19(23)15-22(11-12-24-4)18-9-13-25-14-10-18/h5-8,18H,9-15H2,1-4H3,(H,21,23). The molecule has 0 radical (unpaired) electrons. The Bertz CT molecular complexity index is 534. The second-order valence-electron chi connectivity index (χ2n) is 7.68. The number of anilines is 1. The summed E-state index contributed by atoms with van der Waals surface area (Å²) in [6.45, 7) is 8.48. The van der Waals surface area contributed by atoms with Crippen molar-refractivity contribution in [1.82, 2.24) is 4.90 Å². The first-order chi connectivity index (χ1) is 11.9. The molecule has 0 aliphatic carbocycles. The fourth-order valence-electron chi connectivity index (χ4n) is 3.09. The van der Waals surface area contributed by atoms with Gasteiger partial charge in [0.05, 0.1) is 13.2 Å². The van der Waals surface area contributed by atoms with Gasteiger partial charge in [-0.15, -0.1) is 0 Å². The van der Waals surface area contributed by atoms with Gasteiger partial charge in [0.1, 0.15) is 0 Å². The normalized spacial score (nSPS) is 16.2. The van der Waals surface area contributed by atoms with Gasteiger partial charge in [-0.3, -0.25) is 9.69 Å². The number of amides is 1. The van der Waals surface area contributed by atoms with Gasteiger partial charge in [0.25, 0.3) is 0 Å². The number of benzene rings is 1. The molecule has 5 heteroatoms. The van der Waals surface area contributed by atoms with Crippen LogP contribution in [0.2, 0.25) is 0 Å². The zero-order chi connectivity index (χ0) is 18.3. The smallest absolute Gasteiger partial charge is 0.238 e. The van der Waals surface area contributed by atoms with E-state index < -0.39 is 0 Å². The van der Waals surface area contributed by atoms with Gasteiger partial charge in [-0.05, 0) is 47.5 Å². The van der Waals surface area contributed by atoms with E-state index in [9.17, 15) is 4.79 Å². The third kappa shape index (κ3) is 6.65. The molecule has 0 spiro atoms. The molecule has 25 heavy (non-hydrogen) atoms. The van der Waals surface area contributed by atoms with Crippen molar-refractivity contribution < 1.29 is 9.53 Å². The van der Waals surface area contributed by atoms with E-state index >= 15 is 0 Å². The lowest BCUT2D eigenvalue weighted by Gasteiger charge is -2.33. The molecule has 0 bridgehead atoms. The summed E-state index contributed by atoms with van der Waals surface area (Å²) in [5, 5.41) is 3.04. The summed E-state index contributed by atoms with van der Waals surface area (Å²) >= 11 is 2.01. The van der Waals surface area contributed by atoms with Gasteiger partial charge in [0.15, 0.2) is 0 Å². The monoisotopic (exact) mass is 364 g/mol. The predicted octanol–water partition coefficient (Wildman–Crippen LogP) is 3.77. The Morgan fingerprint density at radius 2 is 1.88 bits per heavy atom. The molecule has 0 aromatic heterocycles. The van der Waals surface area contributed by atoms with Crippen LogP contribution >= 0.6 is 11.8 Å². The lowest BCUT2D eigenvalue weighted by atomic mass is 9.87. The maximum absolute atomic E-state index is 12.5. The van der Waals surface area contributed by atoms with Gasteiger partial charge in [-0.2, -0.15) is 11.8 Å². The summed E-state index contributed by atoms with van der Waals surface area (Å²) in [5.41, 5.74) is 2.26. The molecule has 0 atom stereocenters. The van der Waals surface area contributed by atoms with Gasteiger partial charge in [0.2, 0.25) is 5.91 Å². The quantitative estimate of drug-likeness (QED) is 0.800. The number of carbonyl (C=O) groups excluding carboxylic acids is 1. The second kappa shape index (κ2) is 9.60. The predicted molar refractivity (Wildman–Crippen MR) is 108 cm³/mol. The highest BCUT2D eigenvalue weighted by Crippen LogP contribution is 2.24. The number of carbonyl (C=O) groups is 1. The summed E-state index contributed by atoms with van der Waals surface area (Å²) in [6, 6.07) is 8.67. The van der Waals surface area contributed by atoms with Crippen molar-refractivity contribution in [3.05, 3.63) is 29.8 Å². The molecule has 1 aromatic rings. The fourth-order valence-corrected chi connectivity index (χ4v) is 4.17. The Labute approximate surface area is 156 Å². The molecule has 1 saturated heterocycles. The minimum atomic E-state index is 0.0536. The Morgan fingerprint density at radius 1 is 1.24 bits per heavy atom. The maximum Gasteiger partial charge on any atom is 0.238 e. The van der Waals surface area contributed by atoms with Crippen molar-refractivity contribution >= 4 is 23.4 Å². The number of methoxy groups -OCH3 is 1. The van der Waals surface area contributed by atoms with Crippen LogP contribution in [0.25, 0.3) is 0 Å². The average Bonchev–Trinajstić information content (AvgIpc) is 2.59. The first-order valence-electron chi connectivity index (χ1n) is 9.11. The Balaban J connectivity index is 1.93. The van der Waals surface area contributed by atoms with Gasteiger partial charge in [-0.1, -0.05) is 32.9 Å². The Morgan fingerprint density at radius 3 is 2.44 bits per heavy atom. The third-order valence-corrected chi connectivity index (χ3v) is 5.72. The zero-order valence-corrected chi connectivity index (χ0v) is 16.8. The van der Waals surface area contributed by atoms with Crippen LogP contribution in [0, 0.1) is 0 Å². The molecular formula is C20H32N2O2S. The first-order valence-corrected chi connectivity index (χ1v) is 10.3. The average molecular weight is 365 g/mol. The van der Waals surface area contributed by atoms with Crippen LogP contribution in [0.5, 0.6) is 0 Å². The van der Waals surface area contributed by atoms with Crippen molar-refractivity contribution in [2.75, 3.05) is 43.6 Å². The van der Waals surface area contributed by atoms with Gasteiger partial charge in [0, 0.05) is 25.4 Å². The molecule has 4 nitrogen and oxygen atoms in total. The highest BCUT2D eigenvalue weighted by molar-refractivity contribution is 7.99. The lowest BCUT2D eigenvalue weighted by Crippen LogP contribution is -2.44. The Kier molecular flexibility index (Phi) is 7.79. The van der Waals surface area contributed by atoms with Crippen molar-refractivity contribution in [2.45, 2.75) is 45.1 Å². The van der Waals surface area contributed by atoms with E-state index in [1.807, 2.05) is 23.9 Å². The summed E-state index contributed by atoms with van der Waals surface area (Å²) in [5.74, 6) is 2.42. The molecule has 1 aromatic carbocycles. The fraction of sp³-hybridized carbons (Fsp3) is 0.650. The molecule has 0 saturated carbocycles. The molecular weight excluding hydrogens is 332 g/mol. The van der Waals surface area contributed by atoms with Gasteiger partial charge >= 0.3 is 0 Å². The minimum Gasteiger partial charge on any atom is -0.383 e. The first kappa shape index (κ1) is 20.3. The van der Waals surface area contributed by atoms with Gasteiger partial charge in [-0.25, -0.2) is 0 Å². The molecule has 1 heterocycles. The number of nitrogens with one attached hydrogen (secondary N) is 1. The zero-order valence-electron chi connectivity index (χ0n) is 16.0. The number of nitrogens with zero attached hydrogens (tertiary/aromatic N) is 1. The topological polar surface area (TPSA) is 41.6 Å². The summed E-state index contributed by atoms with van der Waals surface area (Å²) in [6.07, 6.45) is 2.31. The SMILES string of the molecule is COCCN(CC(=O)Nc1ccc(C(C)(C)C)cc1)C1CCSCC1. The highest BCUT2D eigenvalue weighted by atomic mass is 32.2. The highest BCUT2D eigenvalue weighted by Gasteiger charge is 2.23. The van der Waals surface area contributed by atoms with Crippen molar-refractivity contribution in [3.63, 3.8) is 0 Å². The van der Waals surface area contributed by atoms with E-state index in [1.54, 1.807) is 7.11 Å². The van der Waals surface area contributed by atoms with E-state index in [1.165, 1.54) is 17.1 Å². The van der Waals surface area contributed by atoms with Crippen LogP contribution in [0.1, 0.15) is 39.2 Å². The summed E-state index contributed by atoms with van der Waals surface area (Å²) in [7, 11) is 1.71. The number of hydrogen-bond acceptors (Lipinski definition) is 4. The number of thioether (sulfide) groups is 1. The van der Waals surface area contributed by atoms with Crippen LogP contribution in [0.15, 0.2) is 24.3 Å². The van der Waals surface area contributed by atoms with Crippen LogP contribution in [-0.4, -0.2) is 55.2 Å². The molecule has 1 amide bonds. The summed E-state index contributed by atoms with van der Waals surface area (Å²) in [4.78, 5) is 14.8. The van der Waals surface area contributed by atoms with Crippen molar-refractivity contribution in [1.29, 1.82) is 0 Å². The van der Waals surface area contributed by atoms with E-state index in [-0.39, 0.29) is 11.3 Å². The Hall–Kier alpha value is -1.04. The van der Waals surface area contributed by atoms with Crippen LogP contribution in [0.4, 0.5) is 5.69 Å². The van der Waals surface area contributed by atoms with E-state index in [0.29, 0.717) is 19.2 Å². The molecule has 140 valence electrons. The number of ether oxygens (including phenoxy) is 1. The molecule has 1 N–H and O–H groups in total. The van der Waals surface area contributed by atoms with E-state index in [0.717, 1.165) is 25.1 Å². The van der Waals surface area contributed by atoms with Crippen molar-refractivity contribution in [2.24, 2.45) is 0 Å². The van der Waals surface area contributed by atoms with Crippen LogP contribution in [-0.2, 0) is 14.9 Å². The van der Waals surface area contributed by atoms with E-state index in [2.05, 4.69) is 43.1 Å². The second-order valence-corrected chi connectivity index (χ2v) is 8.91. The third-order valence-electron chi connectivity index (χ3n) is 4.67. The molecule has 2 rings (SSSR count). The van der Waals surface area contributed by atoms with Crippen LogP contribution < -0.4 is 5.32 Å². The molecule has 1 aliphatic rings. The van der Waals surface area contributed by atoms with Crippen molar-refractivity contribution in [3.8, 4) is 0 Å². The molecule has 0 unspecified atom stereocenters. The largest absolute Gasteiger partial charge is 0.383 e. The van der Waals surface area contributed by atoms with Crippen LogP contribution in [0.3, 0.4) is 0 Å². The lowest BCUT2D eigenvalue weighted by molar-refractivity contribution is -0.118.